The van der Waals surface area contributed by atoms with Crippen LogP contribution in [0, 0.1) is 11.3 Å². The molecule has 0 aromatic rings. The second kappa shape index (κ2) is 7.08. The fourth-order valence-corrected chi connectivity index (χ4v) is 4.00. The van der Waals surface area contributed by atoms with Gasteiger partial charge in [-0.05, 0) is 56.8 Å². The number of rotatable bonds is 6. The van der Waals surface area contributed by atoms with Crippen LogP contribution in [0.3, 0.4) is 0 Å². The van der Waals surface area contributed by atoms with Crippen LogP contribution in [0.1, 0.15) is 72.1 Å². The third-order valence-electron chi connectivity index (χ3n) is 5.47. The van der Waals surface area contributed by atoms with Crippen LogP contribution in [0.15, 0.2) is 0 Å². The molecule has 112 valence electrons. The maximum Gasteiger partial charge on any atom is 0.0622 e. The van der Waals surface area contributed by atoms with E-state index in [9.17, 15) is 0 Å². The van der Waals surface area contributed by atoms with Crippen LogP contribution >= 0.6 is 0 Å². The molecule has 0 aromatic carbocycles. The Bertz CT molecular complexity index is 248. The Balaban J connectivity index is 1.76. The topological polar surface area (TPSA) is 21.3 Å². The monoisotopic (exact) mass is 267 g/mol. The van der Waals surface area contributed by atoms with Crippen molar-refractivity contribution in [2.75, 3.05) is 13.2 Å². The predicted molar refractivity (Wildman–Crippen MR) is 81.4 cm³/mol. The van der Waals surface area contributed by atoms with E-state index < -0.39 is 0 Å². The summed E-state index contributed by atoms with van der Waals surface area (Å²) in [5.41, 5.74) is 0.755. The first-order chi connectivity index (χ1) is 9.15. The Morgan fingerprint density at radius 3 is 2.26 bits per heavy atom. The highest BCUT2D eigenvalue weighted by Gasteiger charge is 2.37. The van der Waals surface area contributed by atoms with Gasteiger partial charge in [0.05, 0.1) is 6.61 Å². The Hall–Kier alpha value is -0.0800. The summed E-state index contributed by atoms with van der Waals surface area (Å²) < 4.78 is 5.63. The summed E-state index contributed by atoms with van der Waals surface area (Å²) in [6, 6.07) is 1.27. The van der Waals surface area contributed by atoms with E-state index in [0.29, 0.717) is 12.0 Å². The van der Waals surface area contributed by atoms with E-state index in [4.69, 9.17) is 4.74 Å². The highest BCUT2D eigenvalue weighted by Crippen LogP contribution is 2.48. The van der Waals surface area contributed by atoms with E-state index in [2.05, 4.69) is 26.1 Å². The van der Waals surface area contributed by atoms with Gasteiger partial charge in [-0.2, -0.15) is 0 Å². The first-order valence-electron chi connectivity index (χ1n) is 8.49. The van der Waals surface area contributed by atoms with Crippen LogP contribution in [0.4, 0.5) is 0 Å². The van der Waals surface area contributed by atoms with Gasteiger partial charge in [-0.1, -0.05) is 26.7 Å². The number of hydrogen-bond donors (Lipinski definition) is 1. The average Bonchev–Trinajstić information content (AvgIpc) is 2.85. The van der Waals surface area contributed by atoms with Gasteiger partial charge in [0, 0.05) is 18.7 Å². The zero-order valence-corrected chi connectivity index (χ0v) is 13.2. The molecule has 2 saturated carbocycles. The van der Waals surface area contributed by atoms with E-state index >= 15 is 0 Å². The zero-order chi connectivity index (χ0) is 13.7. The van der Waals surface area contributed by atoms with Gasteiger partial charge in [-0.3, -0.25) is 0 Å². The van der Waals surface area contributed by atoms with Gasteiger partial charge in [0.2, 0.25) is 0 Å². The summed E-state index contributed by atoms with van der Waals surface area (Å²) in [4.78, 5) is 0. The van der Waals surface area contributed by atoms with E-state index in [1.807, 2.05) is 0 Å². The summed E-state index contributed by atoms with van der Waals surface area (Å²) in [6.07, 6.45) is 11.7. The second-order valence-corrected chi connectivity index (χ2v) is 7.16. The maximum absolute atomic E-state index is 5.63. The lowest BCUT2D eigenvalue weighted by Gasteiger charge is -2.39. The minimum Gasteiger partial charge on any atom is -0.380 e. The van der Waals surface area contributed by atoms with Crippen molar-refractivity contribution in [2.45, 2.75) is 84.2 Å². The maximum atomic E-state index is 5.63. The smallest absolute Gasteiger partial charge is 0.0622 e. The van der Waals surface area contributed by atoms with Crippen molar-refractivity contribution in [1.29, 1.82) is 0 Å². The summed E-state index contributed by atoms with van der Waals surface area (Å²) in [5.74, 6) is 0.661. The Kier molecular flexibility index (Phi) is 5.70. The summed E-state index contributed by atoms with van der Waals surface area (Å²) in [5, 5.41) is 3.87. The van der Waals surface area contributed by atoms with E-state index in [0.717, 1.165) is 24.7 Å². The standard InChI is InChI=1S/C17H33NO/c1-4-19-13-16(14(2)3)18-15-7-11-17(12-8-15)9-5-6-10-17/h14-16,18H,4-13H2,1-3H3. The third-order valence-corrected chi connectivity index (χ3v) is 5.47. The SMILES string of the molecule is CCOCC(NC1CCC2(CCCC2)CC1)C(C)C. The molecule has 0 amide bonds. The molecule has 2 fully saturated rings. The molecule has 0 bridgehead atoms. The van der Waals surface area contributed by atoms with Crippen molar-refractivity contribution in [3.05, 3.63) is 0 Å². The molecule has 2 aliphatic carbocycles. The lowest BCUT2D eigenvalue weighted by Crippen LogP contribution is -2.46. The van der Waals surface area contributed by atoms with Crippen molar-refractivity contribution >= 4 is 0 Å². The summed E-state index contributed by atoms with van der Waals surface area (Å²) in [7, 11) is 0. The first kappa shape index (κ1) is 15.3. The van der Waals surface area contributed by atoms with Crippen LogP contribution < -0.4 is 5.32 Å². The normalized spacial score (nSPS) is 25.3. The minimum atomic E-state index is 0.530. The molecule has 1 spiro atoms. The molecular weight excluding hydrogens is 234 g/mol. The van der Waals surface area contributed by atoms with Gasteiger partial charge in [-0.25, -0.2) is 0 Å². The highest BCUT2D eigenvalue weighted by molar-refractivity contribution is 4.92. The Morgan fingerprint density at radius 2 is 1.74 bits per heavy atom. The molecule has 19 heavy (non-hydrogen) atoms. The van der Waals surface area contributed by atoms with Crippen LogP contribution in [-0.4, -0.2) is 25.3 Å². The molecule has 1 unspecified atom stereocenters. The van der Waals surface area contributed by atoms with Crippen molar-refractivity contribution in [3.63, 3.8) is 0 Å². The van der Waals surface area contributed by atoms with Gasteiger partial charge >= 0.3 is 0 Å². The van der Waals surface area contributed by atoms with Gasteiger partial charge in [0.15, 0.2) is 0 Å². The Morgan fingerprint density at radius 1 is 1.11 bits per heavy atom. The number of nitrogens with one attached hydrogen (secondary N) is 1. The van der Waals surface area contributed by atoms with Crippen molar-refractivity contribution in [1.82, 2.24) is 5.32 Å². The molecule has 0 heterocycles. The molecule has 0 aliphatic heterocycles. The predicted octanol–water partition coefficient (Wildman–Crippen LogP) is 4.14. The van der Waals surface area contributed by atoms with Crippen LogP contribution in [0.2, 0.25) is 0 Å². The van der Waals surface area contributed by atoms with Crippen molar-refractivity contribution < 1.29 is 4.74 Å². The minimum absolute atomic E-state index is 0.530. The van der Waals surface area contributed by atoms with Gasteiger partial charge < -0.3 is 10.1 Å². The highest BCUT2D eigenvalue weighted by atomic mass is 16.5. The molecular formula is C17H33NO. The largest absolute Gasteiger partial charge is 0.380 e. The summed E-state index contributed by atoms with van der Waals surface area (Å²) >= 11 is 0. The number of ether oxygens (including phenoxy) is 1. The lowest BCUT2D eigenvalue weighted by atomic mass is 9.71. The van der Waals surface area contributed by atoms with E-state index in [1.54, 1.807) is 0 Å². The fourth-order valence-electron chi connectivity index (χ4n) is 4.00. The van der Waals surface area contributed by atoms with E-state index in [1.165, 1.54) is 51.4 Å². The van der Waals surface area contributed by atoms with Gasteiger partial charge in [0.25, 0.3) is 0 Å². The number of hydrogen-bond acceptors (Lipinski definition) is 2. The average molecular weight is 267 g/mol. The molecule has 0 saturated heterocycles. The molecule has 1 N–H and O–H groups in total. The van der Waals surface area contributed by atoms with Gasteiger partial charge in [0.1, 0.15) is 0 Å². The first-order valence-corrected chi connectivity index (χ1v) is 8.49. The molecule has 0 aromatic heterocycles. The fraction of sp³-hybridized carbons (Fsp3) is 1.00. The molecule has 2 aliphatic rings. The molecule has 1 atom stereocenters. The molecule has 2 nitrogen and oxygen atoms in total. The van der Waals surface area contributed by atoms with Crippen molar-refractivity contribution in [2.24, 2.45) is 11.3 Å². The molecule has 2 heteroatoms. The van der Waals surface area contributed by atoms with Gasteiger partial charge in [-0.15, -0.1) is 0 Å². The second-order valence-electron chi connectivity index (χ2n) is 7.16. The zero-order valence-electron chi connectivity index (χ0n) is 13.2. The molecule has 0 radical (unpaired) electrons. The molecule has 2 rings (SSSR count). The summed E-state index contributed by atoms with van der Waals surface area (Å²) in [6.45, 7) is 8.40. The van der Waals surface area contributed by atoms with Crippen LogP contribution in [-0.2, 0) is 4.74 Å². The van der Waals surface area contributed by atoms with E-state index in [-0.39, 0.29) is 0 Å². The third kappa shape index (κ3) is 4.19. The Labute approximate surface area is 119 Å². The lowest BCUT2D eigenvalue weighted by molar-refractivity contribution is 0.0911. The van der Waals surface area contributed by atoms with Crippen LogP contribution in [0.5, 0.6) is 0 Å². The van der Waals surface area contributed by atoms with Crippen LogP contribution in [0.25, 0.3) is 0 Å². The van der Waals surface area contributed by atoms with Crippen molar-refractivity contribution in [3.8, 4) is 0 Å². The quantitative estimate of drug-likeness (QED) is 0.781.